The molecule has 10 nitrogen and oxygen atoms in total. The number of aliphatic hydroxyl groups excluding tert-OH is 1. The number of nitrogens with one attached hydrogen (secondary N) is 2. The molecular formula is C24H28N2O8. The number of rotatable bonds is 11. The molecule has 0 aliphatic carbocycles. The molecule has 0 saturated heterocycles. The quantitative estimate of drug-likeness (QED) is 0.221. The Kier molecular flexibility index (Phi) is 9.12. The first kappa shape index (κ1) is 24.9. The summed E-state index contributed by atoms with van der Waals surface area (Å²) in [7, 11) is 0. The van der Waals surface area contributed by atoms with Crippen LogP contribution in [-0.2, 0) is 9.53 Å². The molecule has 2 amide bonds. The molecule has 0 unspecified atom stereocenters. The Morgan fingerprint density at radius 1 is 1.18 bits per heavy atom. The number of ether oxygens (including phenoxy) is 4. The maximum atomic E-state index is 12.8. The summed E-state index contributed by atoms with van der Waals surface area (Å²) in [6, 6.07) is 12.2. The number of anilines is 1. The zero-order valence-electron chi connectivity index (χ0n) is 18.7. The number of hydrogen-bond donors (Lipinski definition) is 4. The van der Waals surface area contributed by atoms with E-state index in [0.29, 0.717) is 35.8 Å². The summed E-state index contributed by atoms with van der Waals surface area (Å²) in [5.41, 5.74) is 2.76. The van der Waals surface area contributed by atoms with Crippen molar-refractivity contribution in [3.05, 3.63) is 60.2 Å². The summed E-state index contributed by atoms with van der Waals surface area (Å²) in [4.78, 5) is 23.9. The molecule has 34 heavy (non-hydrogen) atoms. The molecule has 0 spiro atoms. The molecule has 10 heteroatoms. The Morgan fingerprint density at radius 2 is 2.00 bits per heavy atom. The van der Waals surface area contributed by atoms with Crippen LogP contribution in [0, 0.1) is 5.92 Å². The molecule has 0 bridgehead atoms. The number of fused-ring (bicyclic) bond motifs is 1. The van der Waals surface area contributed by atoms with Crippen LogP contribution in [0.2, 0.25) is 0 Å². The normalized spacial score (nSPS) is 13.9. The summed E-state index contributed by atoms with van der Waals surface area (Å²) in [5.74, 6) is 0.945. The highest BCUT2D eigenvalue weighted by atomic mass is 16.7. The zero-order chi connectivity index (χ0) is 24.3. The highest BCUT2D eigenvalue weighted by Crippen LogP contribution is 2.35. The molecule has 2 atom stereocenters. The molecule has 4 N–H and O–H groups in total. The Balaban J connectivity index is 1.71. The summed E-state index contributed by atoms with van der Waals surface area (Å²) in [5, 5.41) is 20.3. The Morgan fingerprint density at radius 3 is 2.79 bits per heavy atom. The highest BCUT2D eigenvalue weighted by Gasteiger charge is 2.24. The van der Waals surface area contributed by atoms with Crippen molar-refractivity contribution in [2.75, 3.05) is 25.3 Å². The van der Waals surface area contributed by atoms with Crippen LogP contribution < -0.4 is 25.0 Å². The number of carbonyl (C=O) groups excluding carboxylic acids is 2. The molecule has 2 aromatic rings. The molecule has 3 rings (SSSR count). The monoisotopic (exact) mass is 472 g/mol. The maximum absolute atomic E-state index is 12.8. The summed E-state index contributed by atoms with van der Waals surface area (Å²) >= 11 is 0. The third-order valence-electron chi connectivity index (χ3n) is 5.08. The molecule has 0 saturated carbocycles. The predicted octanol–water partition coefficient (Wildman–Crippen LogP) is 3.55. The van der Waals surface area contributed by atoms with Gasteiger partial charge in [-0.2, -0.15) is 0 Å². The van der Waals surface area contributed by atoms with Gasteiger partial charge in [0.05, 0.1) is 6.61 Å². The zero-order valence-corrected chi connectivity index (χ0v) is 18.7. The van der Waals surface area contributed by atoms with E-state index in [1.165, 1.54) is 11.6 Å². The minimum absolute atomic E-state index is 0.119. The number of allylic oxidation sites excluding steroid dienone is 1. The number of hydrogen-bond acceptors (Lipinski definition) is 8. The van der Waals surface area contributed by atoms with Gasteiger partial charge in [0.1, 0.15) is 18.5 Å². The van der Waals surface area contributed by atoms with Gasteiger partial charge < -0.3 is 24.1 Å². The second kappa shape index (κ2) is 12.5. The molecular weight excluding hydrogens is 444 g/mol. The molecule has 0 aromatic heterocycles. The largest absolute Gasteiger partial charge is 0.491 e. The van der Waals surface area contributed by atoms with E-state index in [4.69, 9.17) is 29.3 Å². The molecule has 2 aromatic carbocycles. The fraction of sp³-hybridized carbons (Fsp3) is 0.333. The second-order valence-electron chi connectivity index (χ2n) is 7.60. The van der Waals surface area contributed by atoms with Gasteiger partial charge in [0.25, 0.3) is 5.91 Å². The molecule has 1 heterocycles. The van der Waals surface area contributed by atoms with Crippen LogP contribution in [0.3, 0.4) is 0 Å². The first-order valence-corrected chi connectivity index (χ1v) is 10.8. The van der Waals surface area contributed by atoms with Gasteiger partial charge in [-0.15, -0.1) is 0 Å². The fourth-order valence-electron chi connectivity index (χ4n) is 3.43. The first-order valence-electron chi connectivity index (χ1n) is 10.8. The van der Waals surface area contributed by atoms with Crippen LogP contribution in [0.5, 0.6) is 17.2 Å². The Labute approximate surface area is 197 Å². The number of hydroxylamine groups is 1. The summed E-state index contributed by atoms with van der Waals surface area (Å²) in [6.07, 6.45) is 2.72. The number of amides is 2. The lowest BCUT2D eigenvalue weighted by molar-refractivity contribution is -0.124. The van der Waals surface area contributed by atoms with E-state index < -0.39 is 18.1 Å². The van der Waals surface area contributed by atoms with Gasteiger partial charge in [-0.05, 0) is 48.6 Å². The van der Waals surface area contributed by atoms with E-state index in [2.05, 4.69) is 5.32 Å². The van der Waals surface area contributed by atoms with Crippen molar-refractivity contribution in [1.82, 2.24) is 5.48 Å². The standard InChI is InChI=1S/C24H28N2O8/c1-16(5-2-3-8-22(28)26-30)23(17-6-4-7-19(13-17)31-12-11-27)34-24(29)25-18-9-10-20-21(14-18)33-15-32-20/h3-4,6-10,13-14,16,23,27,30H,2,5,11-12,15H2,1H3,(H,25,29)(H,26,28)/b8-3+/t16-,23-/m0/s1. The van der Waals surface area contributed by atoms with E-state index in [-0.39, 0.29) is 25.9 Å². The lowest BCUT2D eigenvalue weighted by Gasteiger charge is -2.25. The lowest BCUT2D eigenvalue weighted by Crippen LogP contribution is -2.22. The molecule has 1 aliphatic heterocycles. The fourth-order valence-corrected chi connectivity index (χ4v) is 3.43. The average Bonchev–Trinajstić information content (AvgIpc) is 3.31. The molecule has 1 aliphatic rings. The van der Waals surface area contributed by atoms with Crippen molar-refractivity contribution < 1.29 is 38.9 Å². The number of aliphatic hydroxyl groups is 1. The van der Waals surface area contributed by atoms with Crippen molar-refractivity contribution >= 4 is 17.7 Å². The summed E-state index contributed by atoms with van der Waals surface area (Å²) in [6.45, 7) is 2.09. The third-order valence-corrected chi connectivity index (χ3v) is 5.08. The van der Waals surface area contributed by atoms with Gasteiger partial charge in [0, 0.05) is 17.8 Å². The third kappa shape index (κ3) is 7.12. The SMILES string of the molecule is C[C@@H](CC/C=C/C(=O)NO)[C@H](OC(=O)Nc1ccc2c(c1)OCO2)c1cccc(OCCO)c1. The van der Waals surface area contributed by atoms with Gasteiger partial charge in [-0.25, -0.2) is 10.3 Å². The van der Waals surface area contributed by atoms with E-state index in [0.717, 1.165) is 5.56 Å². The van der Waals surface area contributed by atoms with Crippen LogP contribution in [0.4, 0.5) is 10.5 Å². The number of benzene rings is 2. The highest BCUT2D eigenvalue weighted by molar-refractivity contribution is 5.86. The minimum atomic E-state index is -0.646. The van der Waals surface area contributed by atoms with Gasteiger partial charge in [-0.3, -0.25) is 15.3 Å². The maximum Gasteiger partial charge on any atom is 0.412 e. The van der Waals surface area contributed by atoms with E-state index in [1.807, 2.05) is 13.0 Å². The van der Waals surface area contributed by atoms with Gasteiger partial charge >= 0.3 is 6.09 Å². The lowest BCUT2D eigenvalue weighted by atomic mass is 9.93. The Bertz CT molecular complexity index is 1010. The van der Waals surface area contributed by atoms with Gasteiger partial charge in [0.2, 0.25) is 6.79 Å². The minimum Gasteiger partial charge on any atom is -0.491 e. The smallest absolute Gasteiger partial charge is 0.412 e. The van der Waals surface area contributed by atoms with Crippen LogP contribution in [0.1, 0.15) is 31.4 Å². The van der Waals surface area contributed by atoms with Gasteiger partial charge in [0.15, 0.2) is 11.5 Å². The predicted molar refractivity (Wildman–Crippen MR) is 122 cm³/mol. The van der Waals surface area contributed by atoms with Crippen molar-refractivity contribution in [1.29, 1.82) is 0 Å². The van der Waals surface area contributed by atoms with Crippen molar-refractivity contribution in [3.63, 3.8) is 0 Å². The van der Waals surface area contributed by atoms with Crippen molar-refractivity contribution in [2.24, 2.45) is 5.92 Å². The van der Waals surface area contributed by atoms with Crippen LogP contribution >= 0.6 is 0 Å². The van der Waals surface area contributed by atoms with E-state index in [9.17, 15) is 9.59 Å². The Hall–Kier alpha value is -3.76. The van der Waals surface area contributed by atoms with Crippen molar-refractivity contribution in [2.45, 2.75) is 25.9 Å². The first-order chi connectivity index (χ1) is 16.5. The average molecular weight is 472 g/mol. The molecule has 182 valence electrons. The van der Waals surface area contributed by atoms with E-state index >= 15 is 0 Å². The van der Waals surface area contributed by atoms with Crippen LogP contribution in [-0.4, -0.2) is 42.3 Å². The van der Waals surface area contributed by atoms with Crippen LogP contribution in [0.25, 0.3) is 0 Å². The molecule has 0 radical (unpaired) electrons. The topological polar surface area (TPSA) is 136 Å². The number of carbonyl (C=O) groups is 2. The van der Waals surface area contributed by atoms with Crippen molar-refractivity contribution in [3.8, 4) is 17.2 Å². The van der Waals surface area contributed by atoms with Gasteiger partial charge in [-0.1, -0.05) is 25.1 Å². The summed E-state index contributed by atoms with van der Waals surface area (Å²) < 4.78 is 21.9. The van der Waals surface area contributed by atoms with Crippen LogP contribution in [0.15, 0.2) is 54.6 Å². The molecule has 0 fully saturated rings. The second-order valence-corrected chi connectivity index (χ2v) is 7.60. The van der Waals surface area contributed by atoms with E-state index in [1.54, 1.807) is 42.5 Å².